The van der Waals surface area contributed by atoms with Crippen LogP contribution in [0.1, 0.15) is 38.2 Å². The van der Waals surface area contributed by atoms with Gasteiger partial charge in [0.15, 0.2) is 0 Å². The third-order valence-electron chi connectivity index (χ3n) is 4.03. The van der Waals surface area contributed by atoms with Crippen molar-refractivity contribution in [3.63, 3.8) is 0 Å². The molecular formula is C15H21ClFN. The molecule has 2 rings (SSSR count). The van der Waals surface area contributed by atoms with Gasteiger partial charge in [-0.2, -0.15) is 0 Å². The van der Waals surface area contributed by atoms with Gasteiger partial charge in [-0.25, -0.2) is 4.39 Å². The molecule has 1 aliphatic rings. The summed E-state index contributed by atoms with van der Waals surface area (Å²) >= 11 is 6.14. The fourth-order valence-electron chi connectivity index (χ4n) is 3.01. The normalized spacial score (nSPS) is 18.2. The Kier molecular flexibility index (Phi) is 4.63. The highest BCUT2D eigenvalue weighted by Crippen LogP contribution is 2.42. The largest absolute Gasteiger partial charge is 0.316 e. The third-order valence-corrected chi connectivity index (χ3v) is 4.38. The molecule has 1 aromatic rings. The first-order valence-corrected chi connectivity index (χ1v) is 7.18. The smallest absolute Gasteiger partial charge is 0.127 e. The van der Waals surface area contributed by atoms with Gasteiger partial charge in [0.2, 0.25) is 0 Å². The lowest BCUT2D eigenvalue weighted by atomic mass is 9.79. The quantitative estimate of drug-likeness (QED) is 0.845. The molecule has 100 valence electrons. The molecular weight excluding hydrogens is 249 g/mol. The molecule has 1 aromatic carbocycles. The van der Waals surface area contributed by atoms with Crippen LogP contribution in [0.15, 0.2) is 18.2 Å². The maximum absolute atomic E-state index is 13.9. The second-order valence-corrected chi connectivity index (χ2v) is 5.77. The van der Waals surface area contributed by atoms with Crippen molar-refractivity contribution in [2.75, 3.05) is 13.1 Å². The van der Waals surface area contributed by atoms with Crippen molar-refractivity contribution in [3.05, 3.63) is 34.6 Å². The van der Waals surface area contributed by atoms with Gasteiger partial charge < -0.3 is 5.32 Å². The molecule has 0 unspecified atom stereocenters. The minimum Gasteiger partial charge on any atom is -0.316 e. The van der Waals surface area contributed by atoms with E-state index < -0.39 is 0 Å². The van der Waals surface area contributed by atoms with Crippen LogP contribution in [0.2, 0.25) is 5.02 Å². The van der Waals surface area contributed by atoms with Gasteiger partial charge in [0.05, 0.1) is 0 Å². The van der Waals surface area contributed by atoms with E-state index in [1.807, 2.05) is 0 Å². The zero-order valence-corrected chi connectivity index (χ0v) is 11.7. The minimum atomic E-state index is -0.162. The molecule has 18 heavy (non-hydrogen) atoms. The lowest BCUT2D eigenvalue weighted by molar-refractivity contribution is 0.277. The molecule has 1 saturated carbocycles. The van der Waals surface area contributed by atoms with Crippen LogP contribution in [-0.2, 0) is 6.42 Å². The van der Waals surface area contributed by atoms with E-state index in [1.165, 1.54) is 31.7 Å². The predicted molar refractivity (Wildman–Crippen MR) is 74.6 cm³/mol. The highest BCUT2D eigenvalue weighted by atomic mass is 35.5. The van der Waals surface area contributed by atoms with Gasteiger partial charge >= 0.3 is 0 Å². The second kappa shape index (κ2) is 6.03. The van der Waals surface area contributed by atoms with Crippen LogP contribution in [0, 0.1) is 11.2 Å². The molecule has 1 N–H and O–H groups in total. The standard InChI is InChI=1S/C15H21ClFN/c1-2-18-11-15(8-3-4-9-15)10-12-13(16)6-5-7-14(12)17/h5-7,18H,2-4,8-11H2,1H3. The Morgan fingerprint density at radius 3 is 2.67 bits per heavy atom. The summed E-state index contributed by atoms with van der Waals surface area (Å²) in [6.07, 6.45) is 5.59. The molecule has 0 heterocycles. The van der Waals surface area contributed by atoms with Crippen molar-refractivity contribution in [2.24, 2.45) is 5.41 Å². The summed E-state index contributed by atoms with van der Waals surface area (Å²) in [5.74, 6) is -0.162. The first kappa shape index (κ1) is 13.8. The molecule has 0 bridgehead atoms. The molecule has 0 aliphatic heterocycles. The molecule has 0 spiro atoms. The number of halogens is 2. The molecule has 1 nitrogen and oxygen atoms in total. The average Bonchev–Trinajstić information content (AvgIpc) is 2.81. The van der Waals surface area contributed by atoms with Gasteiger partial charge in [0, 0.05) is 17.1 Å². The highest BCUT2D eigenvalue weighted by Gasteiger charge is 2.34. The Labute approximate surface area is 114 Å². The number of hydrogen-bond acceptors (Lipinski definition) is 1. The molecule has 1 aliphatic carbocycles. The van der Waals surface area contributed by atoms with E-state index in [2.05, 4.69) is 12.2 Å². The summed E-state index contributed by atoms with van der Waals surface area (Å²) in [6.45, 7) is 4.04. The Morgan fingerprint density at radius 2 is 2.06 bits per heavy atom. The molecule has 0 saturated heterocycles. The summed E-state index contributed by atoms with van der Waals surface area (Å²) < 4.78 is 13.9. The highest BCUT2D eigenvalue weighted by molar-refractivity contribution is 6.31. The van der Waals surface area contributed by atoms with E-state index in [9.17, 15) is 4.39 Å². The predicted octanol–water partition coefficient (Wildman–Crippen LogP) is 4.19. The van der Waals surface area contributed by atoms with Gasteiger partial charge in [-0.05, 0) is 43.4 Å². The fourth-order valence-corrected chi connectivity index (χ4v) is 3.24. The summed E-state index contributed by atoms with van der Waals surface area (Å²) in [4.78, 5) is 0. The maximum Gasteiger partial charge on any atom is 0.127 e. The summed E-state index contributed by atoms with van der Waals surface area (Å²) in [5, 5.41) is 3.99. The second-order valence-electron chi connectivity index (χ2n) is 5.36. The number of nitrogens with one attached hydrogen (secondary N) is 1. The summed E-state index contributed by atoms with van der Waals surface area (Å²) in [5.41, 5.74) is 0.890. The van der Waals surface area contributed by atoms with Crippen LogP contribution in [0.25, 0.3) is 0 Å². The van der Waals surface area contributed by atoms with E-state index in [4.69, 9.17) is 11.6 Å². The van der Waals surface area contributed by atoms with Gasteiger partial charge in [0.25, 0.3) is 0 Å². The van der Waals surface area contributed by atoms with E-state index in [0.29, 0.717) is 10.6 Å². The summed E-state index contributed by atoms with van der Waals surface area (Å²) in [6, 6.07) is 4.97. The van der Waals surface area contributed by atoms with Crippen molar-refractivity contribution in [1.82, 2.24) is 5.32 Å². The third kappa shape index (κ3) is 3.04. The Bertz CT molecular complexity index is 379. The van der Waals surface area contributed by atoms with Crippen LogP contribution in [0.5, 0.6) is 0 Å². The monoisotopic (exact) mass is 269 g/mol. The zero-order valence-electron chi connectivity index (χ0n) is 10.9. The van der Waals surface area contributed by atoms with Crippen LogP contribution in [-0.4, -0.2) is 13.1 Å². The molecule has 0 amide bonds. The molecule has 0 radical (unpaired) electrons. The number of benzene rings is 1. The fraction of sp³-hybridized carbons (Fsp3) is 0.600. The first-order valence-electron chi connectivity index (χ1n) is 6.80. The van der Waals surface area contributed by atoms with E-state index in [-0.39, 0.29) is 11.2 Å². The lowest BCUT2D eigenvalue weighted by Gasteiger charge is -2.30. The van der Waals surface area contributed by atoms with Crippen molar-refractivity contribution in [1.29, 1.82) is 0 Å². The number of hydrogen-bond donors (Lipinski definition) is 1. The van der Waals surface area contributed by atoms with E-state index >= 15 is 0 Å². The van der Waals surface area contributed by atoms with Crippen molar-refractivity contribution in [3.8, 4) is 0 Å². The van der Waals surface area contributed by atoms with E-state index in [1.54, 1.807) is 12.1 Å². The van der Waals surface area contributed by atoms with Crippen LogP contribution in [0.4, 0.5) is 4.39 Å². The van der Waals surface area contributed by atoms with Crippen LogP contribution < -0.4 is 5.32 Å². The minimum absolute atomic E-state index is 0.162. The summed E-state index contributed by atoms with van der Waals surface area (Å²) in [7, 11) is 0. The van der Waals surface area contributed by atoms with Gasteiger partial charge in [-0.1, -0.05) is 37.4 Å². The maximum atomic E-state index is 13.9. The van der Waals surface area contributed by atoms with Crippen molar-refractivity contribution >= 4 is 11.6 Å². The van der Waals surface area contributed by atoms with Crippen molar-refractivity contribution < 1.29 is 4.39 Å². The van der Waals surface area contributed by atoms with Crippen LogP contribution >= 0.6 is 11.6 Å². The Hall–Kier alpha value is -0.600. The number of rotatable bonds is 5. The van der Waals surface area contributed by atoms with E-state index in [0.717, 1.165) is 19.5 Å². The molecule has 1 fully saturated rings. The average molecular weight is 270 g/mol. The van der Waals surface area contributed by atoms with Gasteiger partial charge in [-0.15, -0.1) is 0 Å². The molecule has 0 atom stereocenters. The van der Waals surface area contributed by atoms with Crippen LogP contribution in [0.3, 0.4) is 0 Å². The van der Waals surface area contributed by atoms with Gasteiger partial charge in [0.1, 0.15) is 5.82 Å². The zero-order chi connectivity index (χ0) is 13.0. The lowest BCUT2D eigenvalue weighted by Crippen LogP contribution is -2.34. The van der Waals surface area contributed by atoms with Crippen molar-refractivity contribution in [2.45, 2.75) is 39.0 Å². The first-order chi connectivity index (χ1) is 8.67. The van der Waals surface area contributed by atoms with Gasteiger partial charge in [-0.3, -0.25) is 0 Å². The molecule has 0 aromatic heterocycles. The topological polar surface area (TPSA) is 12.0 Å². The SMILES string of the molecule is CCNCC1(Cc2c(F)cccc2Cl)CCCC1. The Balaban J connectivity index is 2.18. The molecule has 3 heteroatoms. The Morgan fingerprint density at radius 1 is 1.33 bits per heavy atom.